The first kappa shape index (κ1) is 22.5. The Morgan fingerprint density at radius 1 is 1.14 bits per heavy atom. The third-order valence-corrected chi connectivity index (χ3v) is 5.35. The number of hydrogen-bond donors (Lipinski definition) is 4. The molecule has 0 aliphatic heterocycles. The molecule has 0 saturated carbocycles. The number of methoxy groups -OCH3 is 1. The van der Waals surface area contributed by atoms with E-state index in [4.69, 9.17) is 9.47 Å². The Labute approximate surface area is 145 Å². The van der Waals surface area contributed by atoms with Crippen molar-refractivity contribution in [3.05, 3.63) is 0 Å². The van der Waals surface area contributed by atoms with Crippen molar-refractivity contribution in [1.82, 2.24) is 10.6 Å². The van der Waals surface area contributed by atoms with Crippen molar-refractivity contribution in [2.45, 2.75) is 57.1 Å². The summed E-state index contributed by atoms with van der Waals surface area (Å²) < 4.78 is 10.4. The lowest BCUT2D eigenvalue weighted by Gasteiger charge is -2.29. The molecule has 0 radical (unpaired) electrons. The summed E-state index contributed by atoms with van der Waals surface area (Å²) >= 11 is 4.21. The van der Waals surface area contributed by atoms with E-state index in [1.807, 2.05) is 13.8 Å². The van der Waals surface area contributed by atoms with Crippen molar-refractivity contribution < 1.29 is 14.6 Å². The van der Waals surface area contributed by atoms with Crippen molar-refractivity contribution in [3.63, 3.8) is 0 Å². The molecule has 0 aromatic rings. The van der Waals surface area contributed by atoms with Crippen LogP contribution in [0.4, 0.5) is 0 Å². The van der Waals surface area contributed by atoms with E-state index in [0.717, 1.165) is 19.4 Å². The second-order valence-corrected chi connectivity index (χ2v) is 8.34. The van der Waals surface area contributed by atoms with Gasteiger partial charge in [0.25, 0.3) is 0 Å². The molecule has 0 amide bonds. The molecule has 3 N–H and O–H groups in total. The number of ether oxygens (including phenoxy) is 2. The monoisotopic (exact) mass is 354 g/mol. The van der Waals surface area contributed by atoms with Gasteiger partial charge in [-0.25, -0.2) is 0 Å². The second kappa shape index (κ2) is 11.9. The minimum Gasteiger partial charge on any atom is -0.392 e. The molecular formula is C15H34N2O3S2. The van der Waals surface area contributed by atoms with Crippen LogP contribution in [0.15, 0.2) is 0 Å². The molecule has 0 fully saturated rings. The highest BCUT2D eigenvalue weighted by Crippen LogP contribution is 2.24. The molecule has 134 valence electrons. The first-order valence-corrected chi connectivity index (χ1v) is 9.67. The fourth-order valence-electron chi connectivity index (χ4n) is 1.82. The van der Waals surface area contributed by atoms with E-state index >= 15 is 0 Å². The average molecular weight is 355 g/mol. The minimum atomic E-state index is -0.348. The van der Waals surface area contributed by atoms with Gasteiger partial charge in [0, 0.05) is 25.7 Å². The first-order valence-electron chi connectivity index (χ1n) is 7.80. The van der Waals surface area contributed by atoms with Crippen LogP contribution < -0.4 is 10.6 Å². The fourth-order valence-corrected chi connectivity index (χ4v) is 2.16. The number of hydrogen-bond acceptors (Lipinski definition) is 7. The average Bonchev–Trinajstić information content (AvgIpc) is 2.47. The van der Waals surface area contributed by atoms with Crippen LogP contribution in [0.1, 0.15) is 40.5 Å². The van der Waals surface area contributed by atoms with E-state index in [1.54, 1.807) is 7.11 Å². The van der Waals surface area contributed by atoms with Crippen LogP contribution in [0.25, 0.3) is 0 Å². The van der Waals surface area contributed by atoms with E-state index in [2.05, 4.69) is 36.1 Å². The maximum atomic E-state index is 10.1. The topological polar surface area (TPSA) is 62.8 Å². The SMILES string of the molecule is COCCOCCNC(C)(C)CCC(O)CNC(C)(C)SS. The largest absolute Gasteiger partial charge is 0.392 e. The molecular weight excluding hydrogens is 320 g/mol. The van der Waals surface area contributed by atoms with Crippen LogP contribution in [0.5, 0.6) is 0 Å². The Morgan fingerprint density at radius 3 is 2.41 bits per heavy atom. The third-order valence-electron chi connectivity index (χ3n) is 3.38. The number of nitrogens with one attached hydrogen (secondary N) is 2. The summed E-state index contributed by atoms with van der Waals surface area (Å²) in [6.07, 6.45) is 1.31. The lowest BCUT2D eigenvalue weighted by atomic mass is 9.96. The Balaban J connectivity index is 3.77. The molecule has 5 nitrogen and oxygen atoms in total. The highest BCUT2D eigenvalue weighted by Gasteiger charge is 2.21. The molecule has 0 bridgehead atoms. The van der Waals surface area contributed by atoms with Gasteiger partial charge in [0.05, 0.1) is 30.8 Å². The van der Waals surface area contributed by atoms with Gasteiger partial charge in [-0.1, -0.05) is 10.8 Å². The van der Waals surface area contributed by atoms with Gasteiger partial charge in [0.2, 0.25) is 0 Å². The van der Waals surface area contributed by atoms with Crippen molar-refractivity contribution in [1.29, 1.82) is 0 Å². The maximum absolute atomic E-state index is 10.1. The number of thiol groups is 1. The molecule has 0 aromatic heterocycles. The van der Waals surface area contributed by atoms with Crippen molar-refractivity contribution in [2.24, 2.45) is 0 Å². The van der Waals surface area contributed by atoms with Gasteiger partial charge in [0.1, 0.15) is 0 Å². The predicted molar refractivity (Wildman–Crippen MR) is 98.7 cm³/mol. The highest BCUT2D eigenvalue weighted by atomic mass is 33.1. The van der Waals surface area contributed by atoms with E-state index in [1.165, 1.54) is 10.8 Å². The smallest absolute Gasteiger partial charge is 0.0700 e. The lowest BCUT2D eigenvalue weighted by Crippen LogP contribution is -2.43. The standard InChI is InChI=1S/C15H34N2O3S2/c1-14(2,16-8-9-20-11-10-19-5)7-6-13(18)12-17-15(3,4)22-21/h13,16-18,21H,6-12H2,1-5H3. The summed E-state index contributed by atoms with van der Waals surface area (Å²) in [4.78, 5) is -0.128. The third kappa shape index (κ3) is 13.0. The number of aliphatic hydroxyl groups excluding tert-OH is 1. The van der Waals surface area contributed by atoms with Crippen LogP contribution in [-0.2, 0) is 9.47 Å². The minimum absolute atomic E-state index is 0.0145. The van der Waals surface area contributed by atoms with Crippen LogP contribution in [0.3, 0.4) is 0 Å². The molecule has 0 rings (SSSR count). The Bertz CT molecular complexity index is 280. The highest BCUT2D eigenvalue weighted by molar-refractivity contribution is 8.69. The first-order chi connectivity index (χ1) is 10.2. The van der Waals surface area contributed by atoms with Crippen LogP contribution in [-0.4, -0.2) is 61.6 Å². The number of aliphatic hydroxyl groups is 1. The molecule has 7 heteroatoms. The second-order valence-electron chi connectivity index (χ2n) is 6.59. The van der Waals surface area contributed by atoms with Gasteiger partial charge in [-0.2, -0.15) is 0 Å². The summed E-state index contributed by atoms with van der Waals surface area (Å²) in [5, 5.41) is 16.8. The molecule has 0 spiro atoms. The van der Waals surface area contributed by atoms with Crippen LogP contribution in [0, 0.1) is 0 Å². The van der Waals surface area contributed by atoms with E-state index in [0.29, 0.717) is 26.4 Å². The van der Waals surface area contributed by atoms with Gasteiger partial charge in [-0.15, -0.1) is 11.7 Å². The summed E-state index contributed by atoms with van der Waals surface area (Å²) in [5.41, 5.74) is -0.0145. The zero-order valence-electron chi connectivity index (χ0n) is 14.6. The molecule has 1 unspecified atom stereocenters. The summed E-state index contributed by atoms with van der Waals surface area (Å²) in [6, 6.07) is 0. The normalized spacial score (nSPS) is 14.3. The zero-order chi connectivity index (χ0) is 17.1. The number of rotatable bonds is 14. The van der Waals surface area contributed by atoms with Crippen LogP contribution >= 0.6 is 22.5 Å². The van der Waals surface area contributed by atoms with Gasteiger partial charge < -0.3 is 19.9 Å². The summed E-state index contributed by atoms with van der Waals surface area (Å²) in [7, 11) is 3.12. The lowest BCUT2D eigenvalue weighted by molar-refractivity contribution is 0.0685. The zero-order valence-corrected chi connectivity index (χ0v) is 16.4. The van der Waals surface area contributed by atoms with Crippen molar-refractivity contribution in [3.8, 4) is 0 Å². The predicted octanol–water partition coefficient (Wildman–Crippen LogP) is 2.06. The quantitative estimate of drug-likeness (QED) is 0.166. The van der Waals surface area contributed by atoms with E-state index in [-0.39, 0.29) is 16.5 Å². The maximum Gasteiger partial charge on any atom is 0.0700 e. The van der Waals surface area contributed by atoms with E-state index in [9.17, 15) is 5.11 Å². The van der Waals surface area contributed by atoms with Gasteiger partial charge in [-0.05, 0) is 40.5 Å². The van der Waals surface area contributed by atoms with Crippen molar-refractivity contribution >= 4 is 22.5 Å². The molecule has 0 saturated heterocycles. The van der Waals surface area contributed by atoms with Crippen molar-refractivity contribution in [2.75, 3.05) is 40.0 Å². The molecule has 0 aromatic carbocycles. The molecule has 0 aliphatic carbocycles. The van der Waals surface area contributed by atoms with Gasteiger partial charge in [-0.3, -0.25) is 5.32 Å². The Kier molecular flexibility index (Phi) is 12.2. The molecule has 22 heavy (non-hydrogen) atoms. The Hall–Kier alpha value is 0.500. The summed E-state index contributed by atoms with van der Waals surface area (Å²) in [5.74, 6) is 0. The van der Waals surface area contributed by atoms with Crippen LogP contribution in [0.2, 0.25) is 0 Å². The molecule has 1 atom stereocenters. The van der Waals surface area contributed by atoms with E-state index < -0.39 is 0 Å². The fraction of sp³-hybridized carbons (Fsp3) is 1.00. The van der Waals surface area contributed by atoms with Gasteiger partial charge >= 0.3 is 0 Å². The molecule has 0 aliphatic rings. The molecule has 0 heterocycles. The Morgan fingerprint density at radius 2 is 1.82 bits per heavy atom. The van der Waals surface area contributed by atoms with Gasteiger partial charge in [0.15, 0.2) is 0 Å². The summed E-state index contributed by atoms with van der Waals surface area (Å²) in [6.45, 7) is 11.7.